The Kier molecular flexibility index (Phi) is 5.73. The average Bonchev–Trinajstić information content (AvgIpc) is 3.35. The van der Waals surface area contributed by atoms with Crippen LogP contribution in [0.3, 0.4) is 0 Å². The van der Waals surface area contributed by atoms with Gasteiger partial charge in [0.2, 0.25) is 0 Å². The maximum atomic E-state index is 14.1. The summed E-state index contributed by atoms with van der Waals surface area (Å²) in [5.41, 5.74) is 5.75. The number of hydrogen-bond donors (Lipinski definition) is 0. The molecule has 192 valence electrons. The maximum absolute atomic E-state index is 14.1. The molecule has 0 spiro atoms. The highest BCUT2D eigenvalue weighted by molar-refractivity contribution is 5.95. The second kappa shape index (κ2) is 9.13. The Balaban J connectivity index is 1.15. The zero-order valence-electron chi connectivity index (χ0n) is 22.0. The van der Waals surface area contributed by atoms with Crippen molar-refractivity contribution in [2.75, 3.05) is 26.2 Å². The molecular weight excluding hydrogens is 456 g/mol. The molecule has 1 saturated heterocycles. The van der Waals surface area contributed by atoms with E-state index in [1.807, 2.05) is 16.9 Å². The fraction of sp³-hybridized carbons (Fsp3) is 0.500. The standard InChI is InChI=1S/C32H38N4O/c1-23-6-5-7-24(14-23)21-34-10-12-35(13-11-34)31(37)29-22-36(28-8-3-2-4-9-28)33-30(29)32-18-25-15-26(19-32)17-27(16-25)20-32/h2-9,14,22,25-27H,10-13,15-21H2,1H3. The Morgan fingerprint density at radius 3 is 2.22 bits per heavy atom. The van der Waals surface area contributed by atoms with Crippen LogP contribution in [0.4, 0.5) is 0 Å². The molecule has 0 N–H and O–H groups in total. The van der Waals surface area contributed by atoms with Crippen LogP contribution in [0.1, 0.15) is 65.7 Å². The second-order valence-electron chi connectivity index (χ2n) is 12.4. The largest absolute Gasteiger partial charge is 0.336 e. The van der Waals surface area contributed by atoms with Crippen molar-refractivity contribution in [2.45, 2.75) is 57.4 Å². The van der Waals surface area contributed by atoms with Crippen LogP contribution in [0.25, 0.3) is 5.69 Å². The quantitative estimate of drug-likeness (QED) is 0.463. The maximum Gasteiger partial charge on any atom is 0.257 e. The molecule has 5 fully saturated rings. The van der Waals surface area contributed by atoms with E-state index in [0.717, 1.165) is 67.4 Å². The van der Waals surface area contributed by atoms with Crippen molar-refractivity contribution in [1.82, 2.24) is 19.6 Å². The molecule has 4 aliphatic carbocycles. The lowest BCUT2D eigenvalue weighted by Gasteiger charge is -2.56. The van der Waals surface area contributed by atoms with Crippen molar-refractivity contribution in [3.8, 4) is 5.69 Å². The minimum absolute atomic E-state index is 0.0900. The third-order valence-electron chi connectivity index (χ3n) is 9.65. The van der Waals surface area contributed by atoms with Crippen LogP contribution in [-0.2, 0) is 12.0 Å². The molecule has 1 aliphatic heterocycles. The SMILES string of the molecule is Cc1cccc(CN2CCN(C(=O)c3cn(-c4ccccc4)nc3C34CC5CC(CC(C5)C3)C4)CC2)c1. The van der Waals surface area contributed by atoms with Gasteiger partial charge in [-0.05, 0) is 80.9 Å². The summed E-state index contributed by atoms with van der Waals surface area (Å²) < 4.78 is 1.98. The van der Waals surface area contributed by atoms with Gasteiger partial charge in [0, 0.05) is 44.3 Å². The number of rotatable bonds is 5. The predicted octanol–water partition coefficient (Wildman–Crippen LogP) is 5.61. The topological polar surface area (TPSA) is 41.4 Å². The fourth-order valence-corrected chi connectivity index (χ4v) is 8.38. The minimum Gasteiger partial charge on any atom is -0.336 e. The highest BCUT2D eigenvalue weighted by Gasteiger charge is 2.54. The number of piperazine rings is 1. The number of hydrogen-bond acceptors (Lipinski definition) is 3. The number of aryl methyl sites for hydroxylation is 1. The fourth-order valence-electron chi connectivity index (χ4n) is 8.38. The van der Waals surface area contributed by atoms with Gasteiger partial charge in [-0.1, -0.05) is 48.0 Å². The van der Waals surface area contributed by atoms with E-state index in [-0.39, 0.29) is 11.3 Å². The van der Waals surface area contributed by atoms with Crippen molar-refractivity contribution in [2.24, 2.45) is 17.8 Å². The van der Waals surface area contributed by atoms with Gasteiger partial charge in [-0.25, -0.2) is 4.68 Å². The van der Waals surface area contributed by atoms with Gasteiger partial charge in [0.05, 0.1) is 16.9 Å². The summed E-state index contributed by atoms with van der Waals surface area (Å²) in [7, 11) is 0. The summed E-state index contributed by atoms with van der Waals surface area (Å²) in [6.07, 6.45) is 9.88. The van der Waals surface area contributed by atoms with Crippen molar-refractivity contribution < 1.29 is 4.79 Å². The molecule has 4 bridgehead atoms. The van der Waals surface area contributed by atoms with Gasteiger partial charge in [-0.3, -0.25) is 9.69 Å². The van der Waals surface area contributed by atoms with Gasteiger partial charge in [-0.15, -0.1) is 0 Å². The molecule has 1 amide bonds. The lowest BCUT2D eigenvalue weighted by molar-refractivity contribution is -0.00793. The van der Waals surface area contributed by atoms with E-state index in [1.54, 1.807) is 0 Å². The summed E-state index contributed by atoms with van der Waals surface area (Å²) in [5, 5.41) is 5.22. The van der Waals surface area contributed by atoms with Crippen LogP contribution in [0.5, 0.6) is 0 Å². The Morgan fingerprint density at radius 1 is 0.892 bits per heavy atom. The monoisotopic (exact) mass is 494 g/mol. The van der Waals surface area contributed by atoms with Gasteiger partial charge < -0.3 is 4.90 Å². The van der Waals surface area contributed by atoms with E-state index in [0.29, 0.717) is 0 Å². The summed E-state index contributed by atoms with van der Waals surface area (Å²) in [5.74, 6) is 2.65. The lowest BCUT2D eigenvalue weighted by atomic mass is 9.48. The van der Waals surface area contributed by atoms with E-state index in [9.17, 15) is 4.79 Å². The zero-order valence-corrected chi connectivity index (χ0v) is 22.0. The smallest absolute Gasteiger partial charge is 0.257 e. The summed E-state index contributed by atoms with van der Waals surface area (Å²) >= 11 is 0. The van der Waals surface area contributed by atoms with Gasteiger partial charge in [0.15, 0.2) is 0 Å². The highest BCUT2D eigenvalue weighted by atomic mass is 16.2. The van der Waals surface area contributed by atoms with Crippen LogP contribution in [0.15, 0.2) is 60.8 Å². The molecule has 37 heavy (non-hydrogen) atoms. The molecule has 2 heterocycles. The van der Waals surface area contributed by atoms with Gasteiger partial charge in [-0.2, -0.15) is 5.10 Å². The van der Waals surface area contributed by atoms with Crippen LogP contribution in [0.2, 0.25) is 0 Å². The number of aromatic nitrogens is 2. The number of amides is 1. The Hall–Kier alpha value is -2.92. The Labute approximate surface area is 220 Å². The molecule has 3 aromatic rings. The van der Waals surface area contributed by atoms with E-state index < -0.39 is 0 Å². The van der Waals surface area contributed by atoms with Crippen molar-refractivity contribution in [1.29, 1.82) is 0 Å². The normalized spacial score (nSPS) is 29.1. The summed E-state index contributed by atoms with van der Waals surface area (Å²) in [6.45, 7) is 6.49. The Morgan fingerprint density at radius 2 is 1.57 bits per heavy atom. The molecule has 4 saturated carbocycles. The molecule has 0 atom stereocenters. The first kappa shape index (κ1) is 23.2. The predicted molar refractivity (Wildman–Crippen MR) is 146 cm³/mol. The molecule has 0 radical (unpaired) electrons. The molecule has 2 aromatic carbocycles. The number of nitrogens with zero attached hydrogens (tertiary/aromatic N) is 4. The van der Waals surface area contributed by atoms with Crippen molar-refractivity contribution >= 4 is 5.91 Å². The zero-order chi connectivity index (χ0) is 25.0. The molecule has 5 aliphatic rings. The number of carbonyl (C=O) groups excluding carboxylic acids is 1. The van der Waals surface area contributed by atoms with E-state index in [2.05, 4.69) is 65.3 Å². The first-order valence-corrected chi connectivity index (χ1v) is 14.3. The van der Waals surface area contributed by atoms with Gasteiger partial charge >= 0.3 is 0 Å². The lowest BCUT2D eigenvalue weighted by Crippen LogP contribution is -2.51. The highest BCUT2D eigenvalue weighted by Crippen LogP contribution is 2.61. The van der Waals surface area contributed by atoms with E-state index in [1.165, 1.54) is 49.7 Å². The van der Waals surface area contributed by atoms with E-state index >= 15 is 0 Å². The van der Waals surface area contributed by atoms with Crippen molar-refractivity contribution in [3.05, 3.63) is 83.2 Å². The second-order valence-corrected chi connectivity index (χ2v) is 12.4. The minimum atomic E-state index is 0.0900. The first-order chi connectivity index (χ1) is 18.0. The average molecular weight is 495 g/mol. The van der Waals surface area contributed by atoms with E-state index in [4.69, 9.17) is 5.10 Å². The molecule has 8 rings (SSSR count). The summed E-state index contributed by atoms with van der Waals surface area (Å²) in [6, 6.07) is 19.1. The third-order valence-corrected chi connectivity index (χ3v) is 9.65. The van der Waals surface area contributed by atoms with Crippen LogP contribution in [-0.4, -0.2) is 51.7 Å². The molecule has 1 aromatic heterocycles. The van der Waals surface area contributed by atoms with Gasteiger partial charge in [0.25, 0.3) is 5.91 Å². The van der Waals surface area contributed by atoms with Crippen LogP contribution in [0, 0.1) is 24.7 Å². The van der Waals surface area contributed by atoms with Gasteiger partial charge in [0.1, 0.15) is 0 Å². The Bertz CT molecular complexity index is 1250. The first-order valence-electron chi connectivity index (χ1n) is 14.3. The molecular formula is C32H38N4O. The molecule has 0 unspecified atom stereocenters. The molecule has 5 heteroatoms. The summed E-state index contributed by atoms with van der Waals surface area (Å²) in [4.78, 5) is 18.7. The van der Waals surface area contributed by atoms with Crippen molar-refractivity contribution in [3.63, 3.8) is 0 Å². The molecule has 5 nitrogen and oxygen atoms in total. The van der Waals surface area contributed by atoms with Crippen LogP contribution >= 0.6 is 0 Å². The number of benzene rings is 2. The third kappa shape index (κ3) is 4.31. The number of para-hydroxylation sites is 1. The number of carbonyl (C=O) groups is 1. The van der Waals surface area contributed by atoms with Crippen LogP contribution < -0.4 is 0 Å².